The Morgan fingerprint density at radius 2 is 1.67 bits per heavy atom. The Kier molecular flexibility index (Phi) is 5.59. The van der Waals surface area contributed by atoms with Crippen molar-refractivity contribution in [1.29, 1.82) is 0 Å². The number of hydrogen-bond donors (Lipinski definition) is 0. The van der Waals surface area contributed by atoms with Crippen LogP contribution in [0.5, 0.6) is 0 Å². The molecule has 0 radical (unpaired) electrons. The SMILES string of the molecule is C/C(C=NC(C)(C)C)=C\[CH](C)[Sn]([CH3])([CH3])[CH3]. The average molecular weight is 316 g/mol. The van der Waals surface area contributed by atoms with E-state index in [-0.39, 0.29) is 5.54 Å². The predicted octanol–water partition coefficient (Wildman–Crippen LogP) is 4.53. The van der Waals surface area contributed by atoms with E-state index >= 15 is 0 Å². The summed E-state index contributed by atoms with van der Waals surface area (Å²) in [6.45, 7) is 10.9. The minimum absolute atomic E-state index is 0.0450. The van der Waals surface area contributed by atoms with Crippen molar-refractivity contribution < 1.29 is 0 Å². The van der Waals surface area contributed by atoms with Crippen LogP contribution in [0.4, 0.5) is 0 Å². The molecule has 0 heterocycles. The van der Waals surface area contributed by atoms with Crippen LogP contribution >= 0.6 is 0 Å². The van der Waals surface area contributed by atoms with E-state index in [0.717, 1.165) is 3.93 Å². The first-order chi connectivity index (χ1) is 6.52. The number of nitrogens with zero attached hydrogens (tertiary/aromatic N) is 1. The molecular weight excluding hydrogens is 289 g/mol. The van der Waals surface area contributed by atoms with E-state index in [1.165, 1.54) is 5.57 Å². The fraction of sp³-hybridized carbons (Fsp3) is 0.769. The monoisotopic (exact) mass is 317 g/mol. The third-order valence-corrected chi connectivity index (χ3v) is 10.8. The number of rotatable bonds is 3. The van der Waals surface area contributed by atoms with Crippen LogP contribution in [-0.2, 0) is 0 Å². The molecular formula is C13H27NSn. The summed E-state index contributed by atoms with van der Waals surface area (Å²) in [5, 5.41) is 0. The van der Waals surface area contributed by atoms with Crippen molar-refractivity contribution in [2.75, 3.05) is 0 Å². The molecule has 0 spiro atoms. The van der Waals surface area contributed by atoms with Crippen molar-refractivity contribution in [2.24, 2.45) is 4.99 Å². The molecule has 0 saturated carbocycles. The second-order valence-corrected chi connectivity index (χ2v) is 22.6. The fourth-order valence-corrected chi connectivity index (χ4v) is 3.16. The van der Waals surface area contributed by atoms with Gasteiger partial charge in [0.05, 0.1) is 0 Å². The molecule has 0 aliphatic rings. The Morgan fingerprint density at radius 3 is 2.00 bits per heavy atom. The maximum atomic E-state index is 4.52. The van der Waals surface area contributed by atoms with Gasteiger partial charge in [-0.3, -0.25) is 0 Å². The summed E-state index contributed by atoms with van der Waals surface area (Å²) >= 11 is -1.74. The van der Waals surface area contributed by atoms with Gasteiger partial charge in [0.15, 0.2) is 0 Å². The van der Waals surface area contributed by atoms with Gasteiger partial charge >= 0.3 is 100 Å². The van der Waals surface area contributed by atoms with E-state index in [1.807, 2.05) is 6.21 Å². The first kappa shape index (κ1) is 15.2. The molecule has 15 heavy (non-hydrogen) atoms. The van der Waals surface area contributed by atoms with Gasteiger partial charge in [0.25, 0.3) is 0 Å². The second kappa shape index (κ2) is 5.51. The average Bonchev–Trinajstić information content (AvgIpc) is 1.97. The molecule has 0 bridgehead atoms. The summed E-state index contributed by atoms with van der Waals surface area (Å²) in [6, 6.07) is 0. The fourth-order valence-electron chi connectivity index (χ4n) is 0.983. The molecule has 0 rings (SSSR count). The van der Waals surface area contributed by atoms with Crippen molar-refractivity contribution in [3.05, 3.63) is 11.6 Å². The molecule has 0 aromatic carbocycles. The van der Waals surface area contributed by atoms with Crippen LogP contribution in [0, 0.1) is 0 Å². The molecule has 88 valence electrons. The minimum atomic E-state index is -1.74. The summed E-state index contributed by atoms with van der Waals surface area (Å²) < 4.78 is 0.783. The van der Waals surface area contributed by atoms with Crippen LogP contribution in [-0.4, -0.2) is 30.1 Å². The Morgan fingerprint density at radius 1 is 1.20 bits per heavy atom. The third kappa shape index (κ3) is 8.06. The first-order valence-electron chi connectivity index (χ1n) is 5.76. The molecule has 1 atom stereocenters. The van der Waals surface area contributed by atoms with Gasteiger partial charge in [-0.2, -0.15) is 0 Å². The van der Waals surface area contributed by atoms with Gasteiger partial charge in [-0.15, -0.1) is 0 Å². The van der Waals surface area contributed by atoms with Crippen LogP contribution in [0.15, 0.2) is 16.6 Å². The Labute approximate surface area is 99.9 Å². The van der Waals surface area contributed by atoms with E-state index in [4.69, 9.17) is 0 Å². The summed E-state index contributed by atoms with van der Waals surface area (Å²) in [5.74, 6) is 0. The Hall–Kier alpha value is 0.209. The predicted molar refractivity (Wildman–Crippen MR) is 74.8 cm³/mol. The summed E-state index contributed by atoms with van der Waals surface area (Å²) in [7, 11) is 0. The van der Waals surface area contributed by atoms with E-state index in [1.54, 1.807) is 0 Å². The molecule has 2 heteroatoms. The Bertz CT molecular complexity index is 251. The van der Waals surface area contributed by atoms with Crippen molar-refractivity contribution >= 4 is 24.6 Å². The van der Waals surface area contributed by atoms with Gasteiger partial charge in [-0.1, -0.05) is 0 Å². The van der Waals surface area contributed by atoms with Crippen molar-refractivity contribution in [3.63, 3.8) is 0 Å². The van der Waals surface area contributed by atoms with E-state index < -0.39 is 18.4 Å². The first-order valence-corrected chi connectivity index (χ1v) is 16.0. The van der Waals surface area contributed by atoms with Gasteiger partial charge in [-0.05, 0) is 0 Å². The third-order valence-electron chi connectivity index (χ3n) is 2.53. The maximum absolute atomic E-state index is 4.52. The number of hydrogen-bond acceptors (Lipinski definition) is 1. The molecule has 1 nitrogen and oxygen atoms in total. The standard InChI is InChI=1S/C10H18N.3CH3.Sn/c1-6-7-9(2)8-11-10(3,4)5;;;;/h6-8H,1-5H3;3*1H3;/b9-7+,11-8?;;;;. The summed E-state index contributed by atoms with van der Waals surface area (Å²) in [5.41, 5.74) is 1.35. The van der Waals surface area contributed by atoms with Gasteiger partial charge in [-0.25, -0.2) is 0 Å². The number of allylic oxidation sites excluding steroid dienone is 2. The summed E-state index contributed by atoms with van der Waals surface area (Å²) in [6.07, 6.45) is 4.42. The molecule has 0 aliphatic carbocycles. The Balaban J connectivity index is 4.53. The van der Waals surface area contributed by atoms with Gasteiger partial charge in [0.1, 0.15) is 0 Å². The van der Waals surface area contributed by atoms with Gasteiger partial charge in [0.2, 0.25) is 0 Å². The normalized spacial score (nSPS) is 17.2. The molecule has 1 unspecified atom stereocenters. The molecule has 0 fully saturated rings. The summed E-state index contributed by atoms with van der Waals surface area (Å²) in [4.78, 5) is 12.0. The molecule has 0 aromatic heterocycles. The van der Waals surface area contributed by atoms with Gasteiger partial charge in [0, 0.05) is 0 Å². The van der Waals surface area contributed by atoms with Crippen molar-refractivity contribution in [1.82, 2.24) is 0 Å². The number of aliphatic imine (C=N–C) groups is 1. The van der Waals surface area contributed by atoms with Crippen LogP contribution in [0.25, 0.3) is 0 Å². The van der Waals surface area contributed by atoms with Crippen molar-refractivity contribution in [2.45, 2.75) is 58.9 Å². The van der Waals surface area contributed by atoms with Crippen LogP contribution in [0.2, 0.25) is 18.8 Å². The molecule has 0 aliphatic heterocycles. The van der Waals surface area contributed by atoms with Crippen LogP contribution in [0.3, 0.4) is 0 Å². The van der Waals surface area contributed by atoms with Gasteiger partial charge < -0.3 is 0 Å². The molecule has 0 N–H and O–H groups in total. The topological polar surface area (TPSA) is 12.4 Å². The zero-order chi connectivity index (χ0) is 12.3. The van der Waals surface area contributed by atoms with E-state index in [2.05, 4.69) is 60.5 Å². The van der Waals surface area contributed by atoms with E-state index in [0.29, 0.717) is 0 Å². The zero-order valence-electron chi connectivity index (χ0n) is 11.7. The molecule has 0 aromatic rings. The zero-order valence-corrected chi connectivity index (χ0v) is 14.5. The van der Waals surface area contributed by atoms with Crippen LogP contribution in [0.1, 0.15) is 34.6 Å². The molecule has 0 saturated heterocycles. The quantitative estimate of drug-likeness (QED) is 0.536. The van der Waals surface area contributed by atoms with Crippen molar-refractivity contribution in [3.8, 4) is 0 Å². The van der Waals surface area contributed by atoms with E-state index in [9.17, 15) is 0 Å². The van der Waals surface area contributed by atoms with Crippen LogP contribution < -0.4 is 0 Å². The molecule has 0 amide bonds. The second-order valence-electron chi connectivity index (χ2n) is 6.49.